The zero-order valence-electron chi connectivity index (χ0n) is 12.1. The largest absolute Gasteiger partial charge is 0.423 e. The molecule has 0 N–H and O–H groups in total. The Hall–Kier alpha value is -2.11. The molecular formula is C15H19N3O3. The van der Waals surface area contributed by atoms with Gasteiger partial charge in [0.05, 0.1) is 11.9 Å². The maximum atomic E-state index is 12.0. The average Bonchev–Trinajstić information content (AvgIpc) is 3.27. The van der Waals surface area contributed by atoms with Crippen LogP contribution < -0.4 is 4.90 Å². The molecule has 1 saturated heterocycles. The number of ether oxygens (including phenoxy) is 1. The first-order valence-electron chi connectivity index (χ1n) is 7.24. The Labute approximate surface area is 123 Å². The predicted octanol–water partition coefficient (Wildman–Crippen LogP) is 2.65. The fourth-order valence-electron chi connectivity index (χ4n) is 2.71. The van der Waals surface area contributed by atoms with Gasteiger partial charge in [-0.1, -0.05) is 0 Å². The number of hydrogen-bond donors (Lipinski definition) is 0. The summed E-state index contributed by atoms with van der Waals surface area (Å²) in [5.74, 6) is 0. The van der Waals surface area contributed by atoms with Crippen LogP contribution in [0.3, 0.4) is 0 Å². The molecule has 2 heterocycles. The van der Waals surface area contributed by atoms with Gasteiger partial charge in [0.15, 0.2) is 0 Å². The van der Waals surface area contributed by atoms with E-state index in [0.29, 0.717) is 24.2 Å². The van der Waals surface area contributed by atoms with Crippen LogP contribution in [0.4, 0.5) is 15.3 Å². The van der Waals surface area contributed by atoms with Crippen molar-refractivity contribution in [1.29, 1.82) is 0 Å². The number of rotatable bonds is 1. The summed E-state index contributed by atoms with van der Waals surface area (Å²) in [6, 6.07) is 3.46. The van der Waals surface area contributed by atoms with Crippen LogP contribution in [0, 0.1) is 5.41 Å². The second-order valence-electron chi connectivity index (χ2n) is 5.89. The minimum absolute atomic E-state index is 0.493. The van der Waals surface area contributed by atoms with Gasteiger partial charge in [0.2, 0.25) is 0 Å². The van der Waals surface area contributed by atoms with Crippen molar-refractivity contribution in [3.05, 3.63) is 24.5 Å². The number of aromatic nitrogens is 1. The highest BCUT2D eigenvalue weighted by Gasteiger charge is 2.45. The highest BCUT2D eigenvalue weighted by molar-refractivity contribution is 5.93. The van der Waals surface area contributed by atoms with Crippen molar-refractivity contribution in [1.82, 2.24) is 9.88 Å². The maximum absolute atomic E-state index is 12.0. The molecule has 1 saturated carbocycles. The Morgan fingerprint density at radius 1 is 1.29 bits per heavy atom. The molecule has 2 aliphatic rings. The number of likely N-dealkylation sites (tertiary alicyclic amines) is 1. The standard InChI is InChI=1S/C15H19N3O3/c1-17(12-3-2-8-16-11-12)13(19)21-14(20)18-9-6-15(4-5-15)7-10-18/h2-3,8,11H,4-7,9-10H2,1H3. The Bertz CT molecular complexity index is 532. The molecule has 6 heteroatoms. The smallest absolute Gasteiger partial charge is 0.359 e. The summed E-state index contributed by atoms with van der Waals surface area (Å²) in [6.07, 6.45) is 6.53. The van der Waals surface area contributed by atoms with Gasteiger partial charge in [-0.3, -0.25) is 9.88 Å². The van der Waals surface area contributed by atoms with Crippen LogP contribution in [0.2, 0.25) is 0 Å². The Morgan fingerprint density at radius 3 is 2.57 bits per heavy atom. The predicted molar refractivity (Wildman–Crippen MR) is 77.0 cm³/mol. The number of nitrogens with zero attached hydrogens (tertiary/aromatic N) is 3. The fraction of sp³-hybridized carbons (Fsp3) is 0.533. The second kappa shape index (κ2) is 5.35. The first-order valence-corrected chi connectivity index (χ1v) is 7.24. The van der Waals surface area contributed by atoms with Gasteiger partial charge in [-0.15, -0.1) is 0 Å². The highest BCUT2D eigenvalue weighted by Crippen LogP contribution is 2.53. The zero-order valence-corrected chi connectivity index (χ0v) is 12.1. The first-order chi connectivity index (χ1) is 10.1. The summed E-state index contributed by atoms with van der Waals surface area (Å²) in [5, 5.41) is 0. The Balaban J connectivity index is 1.53. The third-order valence-electron chi connectivity index (χ3n) is 4.52. The lowest BCUT2D eigenvalue weighted by Crippen LogP contribution is -2.42. The molecule has 0 atom stereocenters. The van der Waals surface area contributed by atoms with Crippen LogP contribution in [0.5, 0.6) is 0 Å². The molecule has 1 aliphatic carbocycles. The van der Waals surface area contributed by atoms with Gasteiger partial charge in [0, 0.05) is 26.3 Å². The van der Waals surface area contributed by atoms with Gasteiger partial charge in [-0.25, -0.2) is 9.59 Å². The molecule has 1 aromatic heterocycles. The van der Waals surface area contributed by atoms with E-state index in [-0.39, 0.29) is 0 Å². The summed E-state index contributed by atoms with van der Waals surface area (Å²) < 4.78 is 4.94. The monoisotopic (exact) mass is 289 g/mol. The van der Waals surface area contributed by atoms with Crippen molar-refractivity contribution >= 4 is 17.9 Å². The first kappa shape index (κ1) is 13.9. The SMILES string of the molecule is CN(C(=O)OC(=O)N1CCC2(CC1)CC2)c1cccnc1. The van der Waals surface area contributed by atoms with Gasteiger partial charge in [-0.2, -0.15) is 0 Å². The van der Waals surface area contributed by atoms with Crippen LogP contribution >= 0.6 is 0 Å². The Kier molecular flexibility index (Phi) is 3.53. The van der Waals surface area contributed by atoms with Crippen molar-refractivity contribution in [2.75, 3.05) is 25.0 Å². The molecule has 1 aromatic rings. The topological polar surface area (TPSA) is 62.7 Å². The summed E-state index contributed by atoms with van der Waals surface area (Å²) >= 11 is 0. The lowest BCUT2D eigenvalue weighted by molar-refractivity contribution is 0.104. The molecule has 6 nitrogen and oxygen atoms in total. The molecule has 21 heavy (non-hydrogen) atoms. The van der Waals surface area contributed by atoms with Crippen LogP contribution in [0.25, 0.3) is 0 Å². The molecule has 1 spiro atoms. The summed E-state index contributed by atoms with van der Waals surface area (Å²) in [7, 11) is 1.56. The van der Waals surface area contributed by atoms with E-state index >= 15 is 0 Å². The lowest BCUT2D eigenvalue weighted by Gasteiger charge is -2.31. The van der Waals surface area contributed by atoms with E-state index < -0.39 is 12.2 Å². The van der Waals surface area contributed by atoms with E-state index in [9.17, 15) is 9.59 Å². The summed E-state index contributed by atoms with van der Waals surface area (Å²) in [6.45, 7) is 1.37. The summed E-state index contributed by atoms with van der Waals surface area (Å²) in [5.41, 5.74) is 1.08. The van der Waals surface area contributed by atoms with Crippen molar-refractivity contribution < 1.29 is 14.3 Å². The molecule has 1 aliphatic heterocycles. The molecule has 2 amide bonds. The van der Waals surface area contributed by atoms with Crippen LogP contribution in [-0.4, -0.2) is 42.2 Å². The van der Waals surface area contributed by atoms with E-state index in [1.54, 1.807) is 36.5 Å². The van der Waals surface area contributed by atoms with E-state index in [1.807, 2.05) is 0 Å². The minimum Gasteiger partial charge on any atom is -0.359 e. The number of amides is 2. The van der Waals surface area contributed by atoms with Crippen LogP contribution in [-0.2, 0) is 4.74 Å². The molecular weight excluding hydrogens is 270 g/mol. The summed E-state index contributed by atoms with van der Waals surface area (Å²) in [4.78, 5) is 30.8. The zero-order chi connectivity index (χ0) is 14.9. The highest BCUT2D eigenvalue weighted by atomic mass is 16.6. The number of pyridine rings is 1. The number of hydrogen-bond acceptors (Lipinski definition) is 4. The van der Waals surface area contributed by atoms with E-state index in [0.717, 1.165) is 12.8 Å². The lowest BCUT2D eigenvalue weighted by atomic mass is 9.94. The number of piperidine rings is 1. The molecule has 112 valence electrons. The molecule has 0 unspecified atom stereocenters. The molecule has 3 rings (SSSR count). The molecule has 0 radical (unpaired) electrons. The van der Waals surface area contributed by atoms with Gasteiger partial charge in [0.25, 0.3) is 0 Å². The normalized spacial score (nSPS) is 19.2. The Morgan fingerprint density at radius 2 is 2.00 bits per heavy atom. The van der Waals surface area contributed by atoms with E-state index in [1.165, 1.54) is 17.7 Å². The molecule has 0 aromatic carbocycles. The molecule has 2 fully saturated rings. The average molecular weight is 289 g/mol. The van der Waals surface area contributed by atoms with Crippen molar-refractivity contribution in [2.45, 2.75) is 25.7 Å². The number of anilines is 1. The van der Waals surface area contributed by atoms with Crippen molar-refractivity contribution in [2.24, 2.45) is 5.41 Å². The van der Waals surface area contributed by atoms with Gasteiger partial charge in [0.1, 0.15) is 0 Å². The van der Waals surface area contributed by atoms with Crippen LogP contribution in [0.1, 0.15) is 25.7 Å². The van der Waals surface area contributed by atoms with Gasteiger partial charge >= 0.3 is 12.2 Å². The van der Waals surface area contributed by atoms with Crippen molar-refractivity contribution in [3.8, 4) is 0 Å². The third kappa shape index (κ3) is 2.99. The van der Waals surface area contributed by atoms with E-state index in [4.69, 9.17) is 4.74 Å². The number of carbonyl (C=O) groups excluding carboxylic acids is 2. The van der Waals surface area contributed by atoms with Gasteiger partial charge < -0.3 is 9.64 Å². The van der Waals surface area contributed by atoms with Crippen LogP contribution in [0.15, 0.2) is 24.5 Å². The quantitative estimate of drug-likeness (QED) is 0.746. The number of carbonyl (C=O) groups is 2. The second-order valence-corrected chi connectivity index (χ2v) is 5.89. The minimum atomic E-state index is -0.681. The third-order valence-corrected chi connectivity index (χ3v) is 4.52. The van der Waals surface area contributed by atoms with E-state index in [2.05, 4.69) is 4.98 Å². The van der Waals surface area contributed by atoms with Crippen molar-refractivity contribution in [3.63, 3.8) is 0 Å². The van der Waals surface area contributed by atoms with Gasteiger partial charge in [-0.05, 0) is 43.2 Å². The molecule has 0 bridgehead atoms. The fourth-order valence-corrected chi connectivity index (χ4v) is 2.71. The maximum Gasteiger partial charge on any atom is 0.423 e.